The van der Waals surface area contributed by atoms with Gasteiger partial charge in [-0.25, -0.2) is 4.98 Å². The van der Waals surface area contributed by atoms with Crippen LogP contribution in [-0.2, 0) is 14.3 Å². The van der Waals surface area contributed by atoms with Gasteiger partial charge in [-0.05, 0) is 19.8 Å². The molecule has 1 aromatic rings. The van der Waals surface area contributed by atoms with Gasteiger partial charge in [-0.1, -0.05) is 0 Å². The van der Waals surface area contributed by atoms with Crippen LogP contribution in [0.3, 0.4) is 0 Å². The Morgan fingerprint density at radius 3 is 3.14 bits per heavy atom. The van der Waals surface area contributed by atoms with Crippen LogP contribution >= 0.6 is 11.3 Å². The summed E-state index contributed by atoms with van der Waals surface area (Å²) in [6.45, 7) is 4.65. The van der Waals surface area contributed by atoms with E-state index in [2.05, 4.69) is 15.2 Å². The molecule has 120 valence electrons. The van der Waals surface area contributed by atoms with E-state index in [1.807, 2.05) is 12.3 Å². The summed E-state index contributed by atoms with van der Waals surface area (Å²) < 4.78 is 11.5. The first kappa shape index (κ1) is 14.6. The highest BCUT2D eigenvalue weighted by atomic mass is 32.1. The molecule has 0 aliphatic carbocycles. The van der Waals surface area contributed by atoms with Crippen molar-refractivity contribution in [3.63, 3.8) is 0 Å². The molecular weight excluding hydrogens is 302 g/mol. The number of aryl methyl sites for hydroxylation is 1. The fourth-order valence-corrected chi connectivity index (χ4v) is 4.47. The number of thiazole rings is 1. The Balaban J connectivity index is 1.38. The van der Waals surface area contributed by atoms with Crippen molar-refractivity contribution in [1.82, 2.24) is 9.88 Å². The molecule has 7 heteroatoms. The SMILES string of the molecule is Cc1csc(NC(=O)[C@@H]2C[C@@H]3[C@@H](CCN3C3CCOC3)O2)n1. The number of anilines is 1. The maximum Gasteiger partial charge on any atom is 0.255 e. The predicted molar refractivity (Wildman–Crippen MR) is 83.1 cm³/mol. The monoisotopic (exact) mass is 323 g/mol. The van der Waals surface area contributed by atoms with Crippen molar-refractivity contribution < 1.29 is 14.3 Å². The molecule has 4 rings (SSSR count). The minimum absolute atomic E-state index is 0.0635. The van der Waals surface area contributed by atoms with Crippen LogP contribution in [0.1, 0.15) is 25.0 Å². The maximum absolute atomic E-state index is 12.4. The Morgan fingerprint density at radius 1 is 1.50 bits per heavy atom. The molecule has 3 aliphatic heterocycles. The number of nitrogens with one attached hydrogen (secondary N) is 1. The fraction of sp³-hybridized carbons (Fsp3) is 0.733. The Bertz CT molecular complexity index is 558. The van der Waals surface area contributed by atoms with E-state index >= 15 is 0 Å². The molecule has 3 aliphatic rings. The van der Waals surface area contributed by atoms with Crippen molar-refractivity contribution in [2.45, 2.75) is 50.5 Å². The molecule has 4 atom stereocenters. The zero-order valence-corrected chi connectivity index (χ0v) is 13.5. The van der Waals surface area contributed by atoms with E-state index in [4.69, 9.17) is 9.47 Å². The lowest BCUT2D eigenvalue weighted by Gasteiger charge is -2.28. The highest BCUT2D eigenvalue weighted by Crippen LogP contribution is 2.36. The van der Waals surface area contributed by atoms with E-state index in [-0.39, 0.29) is 18.1 Å². The number of carbonyl (C=O) groups excluding carboxylic acids is 1. The molecule has 1 unspecified atom stereocenters. The highest BCUT2D eigenvalue weighted by molar-refractivity contribution is 7.13. The van der Waals surface area contributed by atoms with Crippen LogP contribution in [0.2, 0.25) is 0 Å². The lowest BCUT2D eigenvalue weighted by atomic mass is 10.1. The number of rotatable bonds is 3. The Labute approximate surface area is 133 Å². The molecule has 0 spiro atoms. The van der Waals surface area contributed by atoms with Gasteiger partial charge in [0.1, 0.15) is 6.10 Å². The van der Waals surface area contributed by atoms with Gasteiger partial charge in [0.25, 0.3) is 5.91 Å². The summed E-state index contributed by atoms with van der Waals surface area (Å²) in [4.78, 5) is 19.1. The third-order valence-electron chi connectivity index (χ3n) is 4.84. The zero-order valence-electron chi connectivity index (χ0n) is 12.7. The van der Waals surface area contributed by atoms with Crippen molar-refractivity contribution in [1.29, 1.82) is 0 Å². The topological polar surface area (TPSA) is 63.7 Å². The molecule has 0 aromatic carbocycles. The number of likely N-dealkylation sites (tertiary alicyclic amines) is 1. The average molecular weight is 323 g/mol. The maximum atomic E-state index is 12.4. The summed E-state index contributed by atoms with van der Waals surface area (Å²) >= 11 is 1.45. The largest absolute Gasteiger partial charge is 0.380 e. The third-order valence-corrected chi connectivity index (χ3v) is 5.71. The molecule has 3 fully saturated rings. The number of hydrogen-bond donors (Lipinski definition) is 1. The number of hydrogen-bond acceptors (Lipinski definition) is 6. The fourth-order valence-electron chi connectivity index (χ4n) is 3.78. The first-order chi connectivity index (χ1) is 10.7. The average Bonchev–Trinajstić information content (AvgIpc) is 3.20. The molecule has 1 N–H and O–H groups in total. The number of aromatic nitrogens is 1. The van der Waals surface area contributed by atoms with Gasteiger partial charge in [-0.2, -0.15) is 0 Å². The van der Waals surface area contributed by atoms with Crippen molar-refractivity contribution in [2.24, 2.45) is 0 Å². The first-order valence-electron chi connectivity index (χ1n) is 7.92. The van der Waals surface area contributed by atoms with Gasteiger partial charge in [-0.3, -0.25) is 15.0 Å². The Hall–Kier alpha value is -1.02. The summed E-state index contributed by atoms with van der Waals surface area (Å²) in [5.74, 6) is -0.0635. The van der Waals surface area contributed by atoms with E-state index in [0.717, 1.165) is 44.7 Å². The van der Waals surface area contributed by atoms with Crippen LogP contribution in [0.15, 0.2) is 5.38 Å². The van der Waals surface area contributed by atoms with Gasteiger partial charge in [-0.15, -0.1) is 11.3 Å². The van der Waals surface area contributed by atoms with Crippen LogP contribution in [-0.4, -0.2) is 59.8 Å². The van der Waals surface area contributed by atoms with Gasteiger partial charge in [0.05, 0.1) is 18.4 Å². The van der Waals surface area contributed by atoms with E-state index in [1.165, 1.54) is 11.3 Å². The van der Waals surface area contributed by atoms with Crippen LogP contribution in [0.25, 0.3) is 0 Å². The molecule has 1 aromatic heterocycles. The van der Waals surface area contributed by atoms with Gasteiger partial charge in [0, 0.05) is 37.0 Å². The molecule has 22 heavy (non-hydrogen) atoms. The van der Waals surface area contributed by atoms with Crippen LogP contribution in [0.5, 0.6) is 0 Å². The van der Waals surface area contributed by atoms with E-state index in [9.17, 15) is 4.79 Å². The lowest BCUT2D eigenvalue weighted by molar-refractivity contribution is -0.126. The quantitative estimate of drug-likeness (QED) is 0.911. The van der Waals surface area contributed by atoms with E-state index < -0.39 is 0 Å². The standard InChI is InChI=1S/C15H21N3O3S/c1-9-8-22-15(16-9)17-14(19)13-6-11-12(21-13)2-4-18(11)10-3-5-20-7-10/h8,10-13H,2-7H2,1H3,(H,16,17,19)/t10?,11-,12-,13+/m1/s1. The summed E-state index contributed by atoms with van der Waals surface area (Å²) in [5.41, 5.74) is 0.928. The van der Waals surface area contributed by atoms with E-state index in [1.54, 1.807) is 0 Å². The second kappa shape index (κ2) is 5.88. The van der Waals surface area contributed by atoms with Crippen LogP contribution in [0.4, 0.5) is 5.13 Å². The smallest absolute Gasteiger partial charge is 0.255 e. The van der Waals surface area contributed by atoms with Crippen molar-refractivity contribution in [2.75, 3.05) is 25.1 Å². The second-order valence-electron chi connectivity index (χ2n) is 6.29. The number of amides is 1. The summed E-state index contributed by atoms with van der Waals surface area (Å²) in [5, 5.41) is 5.47. The minimum Gasteiger partial charge on any atom is -0.380 e. The lowest BCUT2D eigenvalue weighted by Crippen LogP contribution is -2.41. The molecule has 0 saturated carbocycles. The molecule has 1 amide bonds. The van der Waals surface area contributed by atoms with Crippen molar-refractivity contribution in [3.8, 4) is 0 Å². The van der Waals surface area contributed by atoms with E-state index in [0.29, 0.717) is 17.2 Å². The molecule has 0 bridgehead atoms. The molecule has 3 saturated heterocycles. The van der Waals surface area contributed by atoms with Crippen LogP contribution in [0, 0.1) is 6.92 Å². The van der Waals surface area contributed by atoms with Gasteiger partial charge >= 0.3 is 0 Å². The Morgan fingerprint density at radius 2 is 2.41 bits per heavy atom. The number of carbonyl (C=O) groups is 1. The summed E-state index contributed by atoms with van der Waals surface area (Å²) in [6.07, 6.45) is 2.72. The van der Waals surface area contributed by atoms with Gasteiger partial charge in [0.15, 0.2) is 5.13 Å². The first-order valence-corrected chi connectivity index (χ1v) is 8.80. The predicted octanol–water partition coefficient (Wildman–Crippen LogP) is 1.41. The Kier molecular flexibility index (Phi) is 3.89. The molecule has 4 heterocycles. The second-order valence-corrected chi connectivity index (χ2v) is 7.15. The van der Waals surface area contributed by atoms with Crippen molar-refractivity contribution in [3.05, 3.63) is 11.1 Å². The molecule has 0 radical (unpaired) electrons. The van der Waals surface area contributed by atoms with Crippen molar-refractivity contribution >= 4 is 22.4 Å². The molecule has 6 nitrogen and oxygen atoms in total. The third kappa shape index (κ3) is 2.67. The van der Waals surface area contributed by atoms with Gasteiger partial charge in [0.2, 0.25) is 0 Å². The summed E-state index contributed by atoms with van der Waals surface area (Å²) in [6, 6.07) is 0.863. The zero-order chi connectivity index (χ0) is 15.1. The van der Waals surface area contributed by atoms with Gasteiger partial charge < -0.3 is 9.47 Å². The summed E-state index contributed by atoms with van der Waals surface area (Å²) in [7, 11) is 0. The number of fused-ring (bicyclic) bond motifs is 1. The number of nitrogens with zero attached hydrogens (tertiary/aromatic N) is 2. The highest BCUT2D eigenvalue weighted by Gasteiger charge is 2.47. The minimum atomic E-state index is -0.357. The number of ether oxygens (including phenoxy) is 2. The van der Waals surface area contributed by atoms with Crippen LogP contribution < -0.4 is 5.32 Å². The normalized spacial score (nSPS) is 35.0. The molecular formula is C15H21N3O3S.